The largest absolute Gasteiger partial charge is 0.453 e. The Bertz CT molecular complexity index is 271. The van der Waals surface area contributed by atoms with Crippen LogP contribution >= 0.6 is 22.6 Å². The third-order valence-electron chi connectivity index (χ3n) is 1.33. The summed E-state index contributed by atoms with van der Waals surface area (Å²) >= 11 is 1.59. The molecule has 0 unspecified atom stereocenters. The Kier molecular flexibility index (Phi) is 3.33. The maximum absolute atomic E-state index is 10.4. The number of benzene rings is 1. The number of hydrogen-bond acceptors (Lipinski definition) is 3. The summed E-state index contributed by atoms with van der Waals surface area (Å²) in [5, 5.41) is 0. The minimum absolute atomic E-state index is 0.301. The van der Waals surface area contributed by atoms with E-state index in [-0.39, 0.29) is 3.98 Å². The molecule has 0 saturated carbocycles. The van der Waals surface area contributed by atoms with E-state index in [1.54, 1.807) is 34.7 Å². The van der Waals surface area contributed by atoms with Gasteiger partial charge in [-0.3, -0.25) is 0 Å². The minimum Gasteiger partial charge on any atom is -0.453 e. The molecule has 0 aliphatic heterocycles. The summed E-state index contributed by atoms with van der Waals surface area (Å²) in [4.78, 5) is 10.4. The summed E-state index contributed by atoms with van der Waals surface area (Å²) < 4.78 is 4.47. The van der Waals surface area contributed by atoms with Crippen LogP contribution in [0.15, 0.2) is 24.3 Å². The van der Waals surface area contributed by atoms with Crippen LogP contribution in [-0.4, -0.2) is 3.98 Å². The first-order chi connectivity index (χ1) is 5.68. The van der Waals surface area contributed by atoms with E-state index in [9.17, 15) is 4.79 Å². The molecule has 0 atom stereocenters. The van der Waals surface area contributed by atoms with Crippen LogP contribution in [0.5, 0.6) is 0 Å². The quantitative estimate of drug-likeness (QED) is 0.513. The highest BCUT2D eigenvalue weighted by molar-refractivity contribution is 14.1. The molecule has 1 aromatic carbocycles. The van der Waals surface area contributed by atoms with E-state index in [1.807, 2.05) is 12.1 Å². The van der Waals surface area contributed by atoms with Gasteiger partial charge in [0.25, 0.3) is 0 Å². The molecule has 0 saturated heterocycles. The number of ether oxygens (including phenoxy) is 1. The Morgan fingerprint density at radius 3 is 2.50 bits per heavy atom. The zero-order valence-corrected chi connectivity index (χ0v) is 8.45. The molecular weight excluding hydrogens is 269 g/mol. The number of nitrogens with two attached hydrogens (primary N) is 1. The second kappa shape index (κ2) is 4.30. The van der Waals surface area contributed by atoms with Crippen LogP contribution in [-0.2, 0) is 11.3 Å². The number of halogens is 1. The van der Waals surface area contributed by atoms with Gasteiger partial charge in [0.2, 0.25) is 0 Å². The fourth-order valence-corrected chi connectivity index (χ4v) is 0.910. The molecule has 0 aliphatic carbocycles. The van der Waals surface area contributed by atoms with Crippen molar-refractivity contribution in [2.45, 2.75) is 6.61 Å². The monoisotopic (exact) mass is 277 g/mol. The lowest BCUT2D eigenvalue weighted by Crippen LogP contribution is -1.94. The van der Waals surface area contributed by atoms with Crippen LogP contribution in [0, 0.1) is 0 Å². The lowest BCUT2D eigenvalue weighted by molar-refractivity contribution is 0.172. The summed E-state index contributed by atoms with van der Waals surface area (Å²) in [6, 6.07) is 7.20. The highest BCUT2D eigenvalue weighted by Crippen LogP contribution is 2.07. The molecule has 0 aromatic heterocycles. The average molecular weight is 277 g/mol. The molecule has 0 amide bonds. The molecular formula is C8H8INO2. The SMILES string of the molecule is Nc1ccc(COC(=O)I)cc1. The molecule has 3 nitrogen and oxygen atoms in total. The maximum atomic E-state index is 10.4. The van der Waals surface area contributed by atoms with Crippen molar-refractivity contribution < 1.29 is 9.53 Å². The van der Waals surface area contributed by atoms with Gasteiger partial charge < -0.3 is 10.5 Å². The molecule has 0 aliphatic rings. The highest BCUT2D eigenvalue weighted by Gasteiger charge is 1.96. The molecule has 2 N–H and O–H groups in total. The van der Waals surface area contributed by atoms with Crippen molar-refractivity contribution in [1.82, 2.24) is 0 Å². The van der Waals surface area contributed by atoms with Gasteiger partial charge in [-0.05, 0) is 17.7 Å². The normalized spacial score (nSPS) is 9.42. The molecule has 0 heterocycles. The van der Waals surface area contributed by atoms with Crippen molar-refractivity contribution in [2.24, 2.45) is 0 Å². The first-order valence-corrected chi connectivity index (χ1v) is 4.43. The first-order valence-electron chi connectivity index (χ1n) is 3.35. The number of carbonyl (C=O) groups excluding carboxylic acids is 1. The van der Waals surface area contributed by atoms with Gasteiger partial charge in [0.1, 0.15) is 6.61 Å². The summed E-state index contributed by atoms with van der Waals surface area (Å²) in [6.07, 6.45) is 0. The van der Waals surface area contributed by atoms with Gasteiger partial charge in [-0.1, -0.05) is 12.1 Å². The second-order valence-electron chi connectivity index (χ2n) is 2.27. The third-order valence-corrected chi connectivity index (χ3v) is 1.64. The van der Waals surface area contributed by atoms with Crippen molar-refractivity contribution in [3.8, 4) is 0 Å². The predicted octanol–water partition coefficient (Wildman–Crippen LogP) is 2.34. The van der Waals surface area contributed by atoms with Crippen LogP contribution in [0.1, 0.15) is 5.56 Å². The zero-order chi connectivity index (χ0) is 8.97. The van der Waals surface area contributed by atoms with E-state index in [1.165, 1.54) is 0 Å². The fourth-order valence-electron chi connectivity index (χ4n) is 0.754. The average Bonchev–Trinajstić information content (AvgIpc) is 2.03. The number of nitrogen functional groups attached to an aromatic ring is 1. The zero-order valence-electron chi connectivity index (χ0n) is 6.29. The number of anilines is 1. The van der Waals surface area contributed by atoms with Crippen molar-refractivity contribution in [3.05, 3.63) is 29.8 Å². The molecule has 0 bridgehead atoms. The molecule has 1 rings (SSSR count). The van der Waals surface area contributed by atoms with E-state index in [0.717, 1.165) is 5.56 Å². The standard InChI is InChI=1S/C8H8INO2/c9-8(11)12-5-6-1-3-7(10)4-2-6/h1-4H,5,10H2. The molecule has 4 heteroatoms. The smallest absolute Gasteiger partial charge is 0.367 e. The molecule has 64 valence electrons. The van der Waals surface area contributed by atoms with Gasteiger partial charge in [0.05, 0.1) is 22.6 Å². The number of rotatable bonds is 2. The van der Waals surface area contributed by atoms with E-state index in [0.29, 0.717) is 12.3 Å². The van der Waals surface area contributed by atoms with Crippen molar-refractivity contribution in [1.29, 1.82) is 0 Å². The highest BCUT2D eigenvalue weighted by atomic mass is 127. The van der Waals surface area contributed by atoms with Gasteiger partial charge >= 0.3 is 3.98 Å². The Balaban J connectivity index is 2.53. The predicted molar refractivity (Wildman–Crippen MR) is 55.1 cm³/mol. The van der Waals surface area contributed by atoms with Crippen molar-refractivity contribution in [2.75, 3.05) is 5.73 Å². The lowest BCUT2D eigenvalue weighted by atomic mass is 10.2. The topological polar surface area (TPSA) is 52.3 Å². The van der Waals surface area contributed by atoms with Crippen molar-refractivity contribution >= 4 is 32.3 Å². The summed E-state index contributed by atoms with van der Waals surface area (Å²) in [6.45, 7) is 0.308. The Morgan fingerprint density at radius 2 is 2.00 bits per heavy atom. The van der Waals surface area contributed by atoms with Gasteiger partial charge in [0, 0.05) is 5.69 Å². The van der Waals surface area contributed by atoms with E-state index in [4.69, 9.17) is 10.5 Å². The maximum Gasteiger partial charge on any atom is 0.367 e. The fraction of sp³-hybridized carbons (Fsp3) is 0.125. The van der Waals surface area contributed by atoms with Crippen LogP contribution in [0.2, 0.25) is 0 Å². The third kappa shape index (κ3) is 3.08. The van der Waals surface area contributed by atoms with Crippen LogP contribution in [0.25, 0.3) is 0 Å². The van der Waals surface area contributed by atoms with Gasteiger partial charge in [-0.2, -0.15) is 0 Å². The number of hydrogen-bond donors (Lipinski definition) is 1. The summed E-state index contributed by atoms with van der Waals surface area (Å²) in [5.74, 6) is 0. The minimum atomic E-state index is -0.301. The van der Waals surface area contributed by atoms with Crippen molar-refractivity contribution in [3.63, 3.8) is 0 Å². The number of carbonyl (C=O) groups is 1. The molecule has 12 heavy (non-hydrogen) atoms. The first kappa shape index (κ1) is 9.31. The van der Waals surface area contributed by atoms with Crippen LogP contribution < -0.4 is 5.73 Å². The lowest BCUT2D eigenvalue weighted by Gasteiger charge is -2.00. The summed E-state index contributed by atoms with van der Waals surface area (Å²) in [7, 11) is 0. The van der Waals surface area contributed by atoms with E-state index >= 15 is 0 Å². The van der Waals surface area contributed by atoms with Gasteiger partial charge in [0.15, 0.2) is 0 Å². The molecule has 0 radical (unpaired) electrons. The Morgan fingerprint density at radius 1 is 1.42 bits per heavy atom. The Labute approximate surface area is 84.0 Å². The van der Waals surface area contributed by atoms with Gasteiger partial charge in [-0.25, -0.2) is 4.79 Å². The van der Waals surface area contributed by atoms with Crippen LogP contribution in [0.3, 0.4) is 0 Å². The van der Waals surface area contributed by atoms with Gasteiger partial charge in [-0.15, -0.1) is 0 Å². The van der Waals surface area contributed by atoms with E-state index in [2.05, 4.69) is 0 Å². The molecule has 0 spiro atoms. The summed E-state index contributed by atoms with van der Waals surface area (Å²) in [5.41, 5.74) is 7.12. The molecule has 1 aromatic rings. The Hall–Kier alpha value is -0.780. The van der Waals surface area contributed by atoms with E-state index < -0.39 is 0 Å². The molecule has 0 fully saturated rings. The second-order valence-corrected chi connectivity index (χ2v) is 3.15. The van der Waals surface area contributed by atoms with Crippen LogP contribution in [0.4, 0.5) is 10.5 Å².